The monoisotopic (exact) mass is 269 g/mol. The molecular weight excluding hydrogens is 242 g/mol. The van der Waals surface area contributed by atoms with E-state index in [1.54, 1.807) is 32.1 Å². The van der Waals surface area contributed by atoms with Gasteiger partial charge in [0.05, 0.1) is 0 Å². The SMILES string of the molecule is C1CCCN(C2C3CC4CC(C3)CC2C4)CC1.Cl. The second-order valence-electron chi connectivity index (χ2n) is 7.37. The van der Waals surface area contributed by atoms with Crippen molar-refractivity contribution in [3.63, 3.8) is 0 Å². The average molecular weight is 270 g/mol. The van der Waals surface area contributed by atoms with Gasteiger partial charge in [-0.2, -0.15) is 0 Å². The summed E-state index contributed by atoms with van der Waals surface area (Å²) in [6.45, 7) is 2.85. The van der Waals surface area contributed by atoms with Gasteiger partial charge in [0.15, 0.2) is 0 Å². The van der Waals surface area contributed by atoms with Crippen LogP contribution in [0.2, 0.25) is 0 Å². The zero-order valence-electron chi connectivity index (χ0n) is 11.5. The van der Waals surface area contributed by atoms with Crippen molar-refractivity contribution in [1.82, 2.24) is 4.90 Å². The first-order valence-corrected chi connectivity index (χ1v) is 8.14. The van der Waals surface area contributed by atoms with Crippen LogP contribution in [0.25, 0.3) is 0 Å². The fourth-order valence-electron chi connectivity index (χ4n) is 5.89. The van der Waals surface area contributed by atoms with Gasteiger partial charge in [0.25, 0.3) is 0 Å². The van der Waals surface area contributed by atoms with E-state index in [0.717, 1.165) is 29.7 Å². The minimum atomic E-state index is 0. The molecular formula is C16H28ClN. The van der Waals surface area contributed by atoms with E-state index in [9.17, 15) is 0 Å². The van der Waals surface area contributed by atoms with Crippen LogP contribution in [0.4, 0.5) is 0 Å². The van der Waals surface area contributed by atoms with Gasteiger partial charge in [0.2, 0.25) is 0 Å². The maximum absolute atomic E-state index is 2.93. The molecule has 0 radical (unpaired) electrons. The molecule has 4 aliphatic carbocycles. The highest BCUT2D eigenvalue weighted by molar-refractivity contribution is 5.85. The first kappa shape index (κ1) is 13.2. The molecule has 0 N–H and O–H groups in total. The molecule has 0 spiro atoms. The molecule has 5 fully saturated rings. The molecule has 2 heteroatoms. The molecule has 5 rings (SSSR count). The average Bonchev–Trinajstić information content (AvgIpc) is 2.56. The van der Waals surface area contributed by atoms with Crippen molar-refractivity contribution in [2.24, 2.45) is 23.7 Å². The molecule has 4 bridgehead atoms. The highest BCUT2D eigenvalue weighted by Crippen LogP contribution is 2.55. The minimum Gasteiger partial charge on any atom is -0.300 e. The highest BCUT2D eigenvalue weighted by atomic mass is 35.5. The van der Waals surface area contributed by atoms with Crippen LogP contribution in [0.15, 0.2) is 0 Å². The van der Waals surface area contributed by atoms with Crippen molar-refractivity contribution >= 4 is 12.4 Å². The summed E-state index contributed by atoms with van der Waals surface area (Å²) in [5.41, 5.74) is 0. The summed E-state index contributed by atoms with van der Waals surface area (Å²) < 4.78 is 0. The van der Waals surface area contributed by atoms with Crippen molar-refractivity contribution in [2.45, 2.75) is 63.8 Å². The molecule has 18 heavy (non-hydrogen) atoms. The quantitative estimate of drug-likeness (QED) is 0.693. The summed E-state index contributed by atoms with van der Waals surface area (Å²) in [5, 5.41) is 0. The summed E-state index contributed by atoms with van der Waals surface area (Å²) in [7, 11) is 0. The lowest BCUT2D eigenvalue weighted by Gasteiger charge is -2.57. The fraction of sp³-hybridized carbons (Fsp3) is 1.00. The third kappa shape index (κ3) is 2.22. The van der Waals surface area contributed by atoms with Gasteiger partial charge in [-0.1, -0.05) is 12.8 Å². The van der Waals surface area contributed by atoms with Crippen LogP contribution in [0.5, 0.6) is 0 Å². The smallest absolute Gasteiger partial charge is 0.0152 e. The summed E-state index contributed by atoms with van der Waals surface area (Å²) in [4.78, 5) is 2.93. The Kier molecular flexibility index (Phi) is 3.92. The Labute approximate surface area is 118 Å². The van der Waals surface area contributed by atoms with E-state index in [1.807, 2.05) is 0 Å². The lowest BCUT2D eigenvalue weighted by Crippen LogP contribution is -2.56. The number of likely N-dealkylation sites (tertiary alicyclic amines) is 1. The minimum absolute atomic E-state index is 0. The largest absolute Gasteiger partial charge is 0.300 e. The van der Waals surface area contributed by atoms with Crippen LogP contribution >= 0.6 is 12.4 Å². The molecule has 0 atom stereocenters. The van der Waals surface area contributed by atoms with Crippen molar-refractivity contribution in [2.75, 3.05) is 13.1 Å². The first-order chi connectivity index (χ1) is 8.40. The van der Waals surface area contributed by atoms with Gasteiger partial charge >= 0.3 is 0 Å². The maximum Gasteiger partial charge on any atom is 0.0152 e. The van der Waals surface area contributed by atoms with E-state index in [2.05, 4.69) is 4.90 Å². The Bertz CT molecular complexity index is 255. The van der Waals surface area contributed by atoms with E-state index in [4.69, 9.17) is 0 Å². The standard InChI is InChI=1S/C16H27N.ClH/c1-2-4-6-17(5-3-1)16-14-8-12-7-13(10-14)11-15(16)9-12;/h12-16H,1-11H2;1H. The summed E-state index contributed by atoms with van der Waals surface area (Å²) in [6, 6.07) is 1.01. The third-order valence-electron chi connectivity index (χ3n) is 6.24. The molecule has 0 aromatic rings. The summed E-state index contributed by atoms with van der Waals surface area (Å²) >= 11 is 0. The van der Waals surface area contributed by atoms with Crippen molar-refractivity contribution in [3.8, 4) is 0 Å². The Morgan fingerprint density at radius 1 is 0.611 bits per heavy atom. The van der Waals surface area contributed by atoms with Gasteiger partial charge < -0.3 is 0 Å². The normalized spacial score (nSPS) is 47.7. The van der Waals surface area contributed by atoms with E-state index in [-0.39, 0.29) is 12.4 Å². The third-order valence-corrected chi connectivity index (χ3v) is 6.24. The number of rotatable bonds is 1. The van der Waals surface area contributed by atoms with Crippen molar-refractivity contribution in [3.05, 3.63) is 0 Å². The maximum atomic E-state index is 2.93. The molecule has 4 saturated carbocycles. The number of halogens is 1. The van der Waals surface area contributed by atoms with Crippen LogP contribution < -0.4 is 0 Å². The Hall–Kier alpha value is 0.250. The molecule has 0 amide bonds. The second-order valence-corrected chi connectivity index (χ2v) is 7.37. The van der Waals surface area contributed by atoms with Gasteiger partial charge in [-0.05, 0) is 81.7 Å². The molecule has 1 aliphatic heterocycles. The van der Waals surface area contributed by atoms with Crippen molar-refractivity contribution in [1.29, 1.82) is 0 Å². The van der Waals surface area contributed by atoms with Gasteiger partial charge in [0, 0.05) is 6.04 Å². The van der Waals surface area contributed by atoms with E-state index < -0.39 is 0 Å². The van der Waals surface area contributed by atoms with Gasteiger partial charge in [-0.25, -0.2) is 0 Å². The molecule has 104 valence electrons. The Morgan fingerprint density at radius 3 is 1.61 bits per heavy atom. The zero-order valence-corrected chi connectivity index (χ0v) is 12.3. The summed E-state index contributed by atoms with van der Waals surface area (Å²) in [6.07, 6.45) is 13.9. The predicted molar refractivity (Wildman–Crippen MR) is 78.1 cm³/mol. The number of hydrogen-bond acceptors (Lipinski definition) is 1. The topological polar surface area (TPSA) is 3.24 Å². The number of nitrogens with zero attached hydrogens (tertiary/aromatic N) is 1. The van der Waals surface area contributed by atoms with Crippen LogP contribution in [-0.4, -0.2) is 24.0 Å². The molecule has 1 heterocycles. The van der Waals surface area contributed by atoms with Gasteiger partial charge in [-0.15, -0.1) is 12.4 Å². The van der Waals surface area contributed by atoms with E-state index in [0.29, 0.717) is 0 Å². The van der Waals surface area contributed by atoms with Crippen LogP contribution in [0.1, 0.15) is 57.8 Å². The Morgan fingerprint density at radius 2 is 1.11 bits per heavy atom. The molecule has 1 saturated heterocycles. The van der Waals surface area contributed by atoms with E-state index >= 15 is 0 Å². The molecule has 0 aromatic carbocycles. The van der Waals surface area contributed by atoms with E-state index in [1.165, 1.54) is 38.8 Å². The zero-order chi connectivity index (χ0) is 11.2. The molecule has 0 unspecified atom stereocenters. The molecule has 5 aliphatic rings. The fourth-order valence-corrected chi connectivity index (χ4v) is 5.89. The summed E-state index contributed by atoms with van der Waals surface area (Å²) in [5.74, 6) is 4.48. The lowest BCUT2D eigenvalue weighted by atomic mass is 9.54. The lowest BCUT2D eigenvalue weighted by molar-refractivity contribution is -0.0643. The van der Waals surface area contributed by atoms with Crippen LogP contribution in [0, 0.1) is 23.7 Å². The highest BCUT2D eigenvalue weighted by Gasteiger charge is 2.49. The van der Waals surface area contributed by atoms with Crippen LogP contribution in [0.3, 0.4) is 0 Å². The van der Waals surface area contributed by atoms with Crippen molar-refractivity contribution < 1.29 is 0 Å². The molecule has 1 nitrogen and oxygen atoms in total. The Balaban J connectivity index is 0.000001000. The molecule has 0 aromatic heterocycles. The second kappa shape index (κ2) is 5.32. The van der Waals surface area contributed by atoms with Gasteiger partial charge in [0.1, 0.15) is 0 Å². The number of hydrogen-bond donors (Lipinski definition) is 0. The predicted octanol–water partition coefficient (Wildman–Crippen LogP) is 4.11. The van der Waals surface area contributed by atoms with Gasteiger partial charge in [-0.3, -0.25) is 4.90 Å². The van der Waals surface area contributed by atoms with Crippen LogP contribution in [-0.2, 0) is 0 Å². The first-order valence-electron chi connectivity index (χ1n) is 8.14.